The van der Waals surface area contributed by atoms with E-state index in [1.54, 1.807) is 33.1 Å². The Kier molecular flexibility index (Phi) is 3.37. The summed E-state index contributed by atoms with van der Waals surface area (Å²) >= 11 is 0. The number of hydrogen-bond acceptors (Lipinski definition) is 3. The van der Waals surface area contributed by atoms with Crippen LogP contribution in [0.1, 0.15) is 11.1 Å². The van der Waals surface area contributed by atoms with Crippen molar-refractivity contribution in [3.05, 3.63) is 47.5 Å². The first-order valence-corrected chi connectivity index (χ1v) is 6.95. The first-order chi connectivity index (χ1) is 10.5. The van der Waals surface area contributed by atoms with Crippen LogP contribution in [0.3, 0.4) is 0 Å². The quantitative estimate of drug-likeness (QED) is 0.687. The van der Waals surface area contributed by atoms with Crippen molar-refractivity contribution in [3.63, 3.8) is 0 Å². The Bertz CT molecular complexity index is 851. The molecule has 0 saturated heterocycles. The van der Waals surface area contributed by atoms with E-state index in [0.717, 1.165) is 11.3 Å². The topological polar surface area (TPSA) is 61.0 Å². The van der Waals surface area contributed by atoms with Crippen molar-refractivity contribution in [3.8, 4) is 28.6 Å². The fraction of sp³-hybridized carbons (Fsp3) is 0.167. The fourth-order valence-corrected chi connectivity index (χ4v) is 2.51. The smallest absolute Gasteiger partial charge is 0.371 e. The number of hydrogen-bond donors (Lipinski definition) is 2. The molecule has 0 amide bonds. The number of fused-ring (bicyclic) bond motifs is 1. The lowest BCUT2D eigenvalue weighted by atomic mass is 10.0. The van der Waals surface area contributed by atoms with Crippen LogP contribution < -0.4 is 4.74 Å². The molecule has 4 heteroatoms. The molecule has 2 N–H and O–H groups in total. The maximum absolute atomic E-state index is 10.2. The normalized spacial score (nSPS) is 10.9. The van der Waals surface area contributed by atoms with Gasteiger partial charge in [-0.2, -0.15) is 0 Å². The number of aryl methyl sites for hydroxylation is 1. The Morgan fingerprint density at radius 1 is 0.864 bits per heavy atom. The second-order valence-corrected chi connectivity index (χ2v) is 5.22. The number of rotatable bonds is 2. The van der Waals surface area contributed by atoms with Gasteiger partial charge in [-0.1, -0.05) is 0 Å². The standard InChI is InChI=1S/C18H16O4/c1-10-16(19)11(2)18-14(17(10)20)8-9-15(22-18)12-4-6-13(21-3)7-5-12/h4-9H,1-3H3,(H-,19,20)/p+1. The second-order valence-electron chi connectivity index (χ2n) is 5.22. The van der Waals surface area contributed by atoms with Gasteiger partial charge in [-0.3, -0.25) is 0 Å². The lowest BCUT2D eigenvalue weighted by molar-refractivity contribution is 0.415. The number of aromatic hydroxyl groups is 2. The molecule has 1 heterocycles. The van der Waals surface area contributed by atoms with E-state index in [0.29, 0.717) is 27.9 Å². The van der Waals surface area contributed by atoms with E-state index in [1.165, 1.54) is 0 Å². The van der Waals surface area contributed by atoms with Gasteiger partial charge in [-0.15, -0.1) is 0 Å². The van der Waals surface area contributed by atoms with Gasteiger partial charge in [-0.25, -0.2) is 4.42 Å². The molecule has 0 radical (unpaired) electrons. The van der Waals surface area contributed by atoms with Crippen LogP contribution in [-0.2, 0) is 0 Å². The molecular weight excluding hydrogens is 280 g/mol. The van der Waals surface area contributed by atoms with Gasteiger partial charge in [0.25, 0.3) is 0 Å². The van der Waals surface area contributed by atoms with Gasteiger partial charge in [0.05, 0.1) is 18.2 Å². The van der Waals surface area contributed by atoms with E-state index in [4.69, 9.17) is 9.15 Å². The molecule has 112 valence electrons. The number of methoxy groups -OCH3 is 1. The minimum absolute atomic E-state index is 0.0446. The van der Waals surface area contributed by atoms with Gasteiger partial charge in [0.2, 0.25) is 0 Å². The zero-order chi connectivity index (χ0) is 15.9. The molecule has 0 saturated carbocycles. The van der Waals surface area contributed by atoms with Crippen LogP contribution >= 0.6 is 0 Å². The Hall–Kier alpha value is -2.75. The van der Waals surface area contributed by atoms with Crippen molar-refractivity contribution in [1.29, 1.82) is 0 Å². The summed E-state index contributed by atoms with van der Waals surface area (Å²) in [5.41, 5.74) is 2.44. The van der Waals surface area contributed by atoms with Crippen molar-refractivity contribution in [2.24, 2.45) is 0 Å². The largest absolute Gasteiger partial charge is 0.507 e. The number of phenols is 2. The van der Waals surface area contributed by atoms with Crippen molar-refractivity contribution >= 4 is 11.0 Å². The maximum Gasteiger partial charge on any atom is 0.371 e. The van der Waals surface area contributed by atoms with Gasteiger partial charge in [0, 0.05) is 11.6 Å². The summed E-state index contributed by atoms with van der Waals surface area (Å²) < 4.78 is 11.1. The fourth-order valence-electron chi connectivity index (χ4n) is 2.51. The molecule has 2 aromatic carbocycles. The van der Waals surface area contributed by atoms with Crippen LogP contribution in [0.5, 0.6) is 17.2 Å². The molecule has 1 aromatic heterocycles. The Morgan fingerprint density at radius 2 is 1.55 bits per heavy atom. The molecule has 0 aliphatic rings. The summed E-state index contributed by atoms with van der Waals surface area (Å²) in [6, 6.07) is 11.1. The third kappa shape index (κ3) is 2.13. The Labute approximate surface area is 128 Å². The summed E-state index contributed by atoms with van der Waals surface area (Å²) in [5.74, 6) is 1.52. The molecule has 3 aromatic rings. The Balaban J connectivity index is 2.21. The predicted molar refractivity (Wildman–Crippen MR) is 85.4 cm³/mol. The summed E-state index contributed by atoms with van der Waals surface area (Å²) in [6.07, 6.45) is 0. The first-order valence-electron chi connectivity index (χ1n) is 6.95. The molecule has 0 atom stereocenters. The zero-order valence-electron chi connectivity index (χ0n) is 12.7. The Morgan fingerprint density at radius 3 is 2.18 bits per heavy atom. The number of ether oxygens (including phenoxy) is 1. The van der Waals surface area contributed by atoms with Gasteiger partial charge < -0.3 is 14.9 Å². The van der Waals surface area contributed by atoms with Crippen molar-refractivity contribution in [1.82, 2.24) is 0 Å². The number of phenolic OH excluding ortho intramolecular Hbond substituents is 2. The van der Waals surface area contributed by atoms with Crippen LogP contribution in [0.15, 0.2) is 40.8 Å². The molecule has 22 heavy (non-hydrogen) atoms. The van der Waals surface area contributed by atoms with Crippen molar-refractivity contribution in [2.75, 3.05) is 7.11 Å². The average Bonchev–Trinajstić information content (AvgIpc) is 2.57. The van der Waals surface area contributed by atoms with Gasteiger partial charge in [0.15, 0.2) is 0 Å². The van der Waals surface area contributed by atoms with Crippen LogP contribution in [-0.4, -0.2) is 17.3 Å². The summed E-state index contributed by atoms with van der Waals surface area (Å²) in [5, 5.41) is 20.8. The van der Waals surface area contributed by atoms with E-state index in [2.05, 4.69) is 0 Å². The molecule has 4 nitrogen and oxygen atoms in total. The molecule has 3 rings (SSSR count). The zero-order valence-corrected chi connectivity index (χ0v) is 12.7. The van der Waals surface area contributed by atoms with Crippen LogP contribution in [0, 0.1) is 13.8 Å². The van der Waals surface area contributed by atoms with E-state index in [9.17, 15) is 10.2 Å². The molecule has 0 unspecified atom stereocenters. The summed E-state index contributed by atoms with van der Waals surface area (Å²) in [7, 11) is 1.62. The SMILES string of the molecule is COc1ccc(-c2ccc3c(O)c(C)c(O)c(C)c3[o+]2)cc1. The van der Waals surface area contributed by atoms with E-state index < -0.39 is 0 Å². The maximum atomic E-state index is 10.2. The van der Waals surface area contributed by atoms with Crippen LogP contribution in [0.25, 0.3) is 22.3 Å². The van der Waals surface area contributed by atoms with Gasteiger partial charge >= 0.3 is 11.3 Å². The second kappa shape index (κ2) is 5.22. The predicted octanol–water partition coefficient (Wildman–Crippen LogP) is 4.42. The highest BCUT2D eigenvalue weighted by atomic mass is 16.5. The van der Waals surface area contributed by atoms with E-state index in [-0.39, 0.29) is 11.5 Å². The highest BCUT2D eigenvalue weighted by molar-refractivity contribution is 5.90. The molecule has 0 spiro atoms. The van der Waals surface area contributed by atoms with E-state index >= 15 is 0 Å². The lowest BCUT2D eigenvalue weighted by Gasteiger charge is -2.05. The van der Waals surface area contributed by atoms with Gasteiger partial charge in [0.1, 0.15) is 22.6 Å². The first kappa shape index (κ1) is 14.2. The molecular formula is C18H17O4+. The monoisotopic (exact) mass is 297 g/mol. The van der Waals surface area contributed by atoms with Crippen molar-refractivity contribution < 1.29 is 19.4 Å². The summed E-state index contributed by atoms with van der Waals surface area (Å²) in [6.45, 7) is 3.44. The number of benzene rings is 2. The third-order valence-electron chi connectivity index (χ3n) is 3.89. The molecule has 0 aliphatic heterocycles. The molecule has 0 bridgehead atoms. The molecule has 0 fully saturated rings. The highest BCUT2D eigenvalue weighted by Crippen LogP contribution is 2.40. The van der Waals surface area contributed by atoms with E-state index in [1.807, 2.05) is 24.3 Å². The lowest BCUT2D eigenvalue weighted by Crippen LogP contribution is -1.88. The molecule has 0 aliphatic carbocycles. The average molecular weight is 297 g/mol. The van der Waals surface area contributed by atoms with Crippen LogP contribution in [0.2, 0.25) is 0 Å². The summed E-state index contributed by atoms with van der Waals surface area (Å²) in [4.78, 5) is 0. The minimum Gasteiger partial charge on any atom is -0.507 e. The minimum atomic E-state index is 0.0446. The third-order valence-corrected chi connectivity index (χ3v) is 3.89. The van der Waals surface area contributed by atoms with Gasteiger partial charge in [-0.05, 0) is 44.2 Å². The highest BCUT2D eigenvalue weighted by Gasteiger charge is 2.24. The van der Waals surface area contributed by atoms with Crippen LogP contribution in [0.4, 0.5) is 0 Å². The van der Waals surface area contributed by atoms with Crippen molar-refractivity contribution in [2.45, 2.75) is 13.8 Å².